The van der Waals surface area contributed by atoms with E-state index < -0.39 is 21.8 Å². The van der Waals surface area contributed by atoms with Crippen molar-refractivity contribution in [2.24, 2.45) is 11.0 Å². The van der Waals surface area contributed by atoms with Gasteiger partial charge in [-0.05, 0) is 32.4 Å². The molecular formula is C14H13Cl3N2O3S. The second-order valence-corrected chi connectivity index (χ2v) is 8.20. The molecule has 2 rings (SSSR count). The highest BCUT2D eigenvalue weighted by Gasteiger charge is 2.41. The first-order valence-electron chi connectivity index (χ1n) is 6.49. The Hall–Kier alpha value is -1.08. The third-order valence-electron chi connectivity index (χ3n) is 3.27. The van der Waals surface area contributed by atoms with Gasteiger partial charge in [0.25, 0.3) is 15.9 Å². The van der Waals surface area contributed by atoms with Crippen LogP contribution in [0.5, 0.6) is 0 Å². The lowest BCUT2D eigenvalue weighted by atomic mass is 9.97. The Labute approximate surface area is 149 Å². The van der Waals surface area contributed by atoms with Crippen LogP contribution in [0.4, 0.5) is 0 Å². The van der Waals surface area contributed by atoms with Crippen LogP contribution in [0.25, 0.3) is 0 Å². The summed E-state index contributed by atoms with van der Waals surface area (Å²) >= 11 is 17.6. The Balaban J connectivity index is 2.48. The normalized spacial score (nSPS) is 18.3. The van der Waals surface area contributed by atoms with Gasteiger partial charge in [0.15, 0.2) is 0 Å². The highest BCUT2D eigenvalue weighted by Crippen LogP contribution is 2.35. The van der Waals surface area contributed by atoms with E-state index in [9.17, 15) is 13.2 Å². The van der Waals surface area contributed by atoms with Crippen LogP contribution in [0.15, 0.2) is 34.3 Å². The van der Waals surface area contributed by atoms with Crippen molar-refractivity contribution in [3.63, 3.8) is 0 Å². The SMILES string of the molecule is C=C(C)C[C@@H]1C(=O)N(S(=O)(=O)c2cc(Cl)c(Cl)cc2Cl)N=C1C. The summed E-state index contributed by atoms with van der Waals surface area (Å²) in [7, 11) is -4.27. The number of rotatable bonds is 4. The van der Waals surface area contributed by atoms with Gasteiger partial charge in [-0.15, -0.1) is 11.0 Å². The average molecular weight is 396 g/mol. The molecular weight excluding hydrogens is 383 g/mol. The van der Waals surface area contributed by atoms with E-state index in [4.69, 9.17) is 34.8 Å². The van der Waals surface area contributed by atoms with Gasteiger partial charge in [-0.2, -0.15) is 13.5 Å². The largest absolute Gasteiger partial charge is 0.287 e. The number of sulfonamides is 1. The molecule has 0 unspecified atom stereocenters. The summed E-state index contributed by atoms with van der Waals surface area (Å²) in [4.78, 5) is 12.1. The summed E-state index contributed by atoms with van der Waals surface area (Å²) in [5, 5.41) is 3.87. The summed E-state index contributed by atoms with van der Waals surface area (Å²) in [6.45, 7) is 7.09. The van der Waals surface area contributed by atoms with Crippen molar-refractivity contribution in [3.05, 3.63) is 39.4 Å². The van der Waals surface area contributed by atoms with Crippen LogP contribution in [0.2, 0.25) is 15.1 Å². The first-order chi connectivity index (χ1) is 10.6. The predicted octanol–water partition coefficient (Wildman–Crippen LogP) is 4.14. The van der Waals surface area contributed by atoms with Gasteiger partial charge in [-0.3, -0.25) is 4.79 Å². The molecule has 1 aliphatic heterocycles. The van der Waals surface area contributed by atoms with E-state index in [2.05, 4.69) is 11.7 Å². The van der Waals surface area contributed by atoms with Gasteiger partial charge >= 0.3 is 0 Å². The number of benzene rings is 1. The molecule has 1 aromatic rings. The lowest BCUT2D eigenvalue weighted by Gasteiger charge is -2.16. The maximum absolute atomic E-state index is 12.7. The van der Waals surface area contributed by atoms with Crippen molar-refractivity contribution in [1.82, 2.24) is 4.41 Å². The molecule has 5 nitrogen and oxygen atoms in total. The molecule has 1 atom stereocenters. The topological polar surface area (TPSA) is 66.8 Å². The van der Waals surface area contributed by atoms with Crippen LogP contribution in [-0.4, -0.2) is 24.5 Å². The van der Waals surface area contributed by atoms with E-state index in [1.165, 1.54) is 6.07 Å². The van der Waals surface area contributed by atoms with Crippen LogP contribution in [0, 0.1) is 5.92 Å². The summed E-state index contributed by atoms with van der Waals surface area (Å²) in [6.07, 6.45) is 0.329. The zero-order chi connectivity index (χ0) is 17.5. The van der Waals surface area contributed by atoms with E-state index in [1.807, 2.05) is 0 Å². The molecule has 1 aromatic carbocycles. The number of hydrogen-bond donors (Lipinski definition) is 0. The van der Waals surface area contributed by atoms with Crippen molar-refractivity contribution < 1.29 is 13.2 Å². The molecule has 9 heteroatoms. The van der Waals surface area contributed by atoms with Crippen LogP contribution in [0.3, 0.4) is 0 Å². The quantitative estimate of drug-likeness (QED) is 0.568. The maximum Gasteiger partial charge on any atom is 0.287 e. The minimum Gasteiger partial charge on any atom is -0.271 e. The van der Waals surface area contributed by atoms with Crippen LogP contribution in [0.1, 0.15) is 20.3 Å². The molecule has 0 spiro atoms. The number of halogens is 3. The third kappa shape index (κ3) is 3.40. The Morgan fingerprint density at radius 2 is 1.83 bits per heavy atom. The minimum absolute atomic E-state index is 0.0143. The van der Waals surface area contributed by atoms with Crippen molar-refractivity contribution in [2.45, 2.75) is 25.2 Å². The van der Waals surface area contributed by atoms with Crippen molar-refractivity contribution in [3.8, 4) is 0 Å². The van der Waals surface area contributed by atoms with Gasteiger partial charge in [0.2, 0.25) is 0 Å². The summed E-state index contributed by atoms with van der Waals surface area (Å²) < 4.78 is 25.9. The van der Waals surface area contributed by atoms with Gasteiger partial charge in [0, 0.05) is 5.71 Å². The minimum atomic E-state index is -4.27. The van der Waals surface area contributed by atoms with Gasteiger partial charge in [-0.25, -0.2) is 0 Å². The standard InChI is InChI=1S/C14H13Cl3N2O3S/c1-7(2)4-9-8(3)18-19(14(9)20)23(21,22)13-6-11(16)10(15)5-12(13)17/h5-6,9H,1,4H2,2-3H3/t9-/m0/s1. The summed E-state index contributed by atoms with van der Waals surface area (Å²) in [6, 6.07) is 2.31. The van der Waals surface area contributed by atoms with Gasteiger partial charge < -0.3 is 0 Å². The fourth-order valence-electron chi connectivity index (χ4n) is 2.13. The van der Waals surface area contributed by atoms with E-state index in [-0.39, 0.29) is 20.0 Å². The second kappa shape index (κ2) is 6.43. The molecule has 1 amide bonds. The molecule has 0 N–H and O–H groups in total. The molecule has 0 bridgehead atoms. The lowest BCUT2D eigenvalue weighted by Crippen LogP contribution is -2.32. The fourth-order valence-corrected chi connectivity index (χ4v) is 4.39. The Bertz CT molecular complexity index is 834. The average Bonchev–Trinajstić information content (AvgIpc) is 2.71. The summed E-state index contributed by atoms with van der Waals surface area (Å²) in [5.41, 5.74) is 1.16. The van der Waals surface area contributed by atoms with Gasteiger partial charge in [0.05, 0.1) is 21.0 Å². The van der Waals surface area contributed by atoms with Gasteiger partial charge in [0.1, 0.15) is 4.90 Å². The molecule has 0 radical (unpaired) electrons. The Morgan fingerprint density at radius 1 is 1.26 bits per heavy atom. The first kappa shape index (κ1) is 18.3. The molecule has 0 aliphatic carbocycles. The Morgan fingerprint density at radius 3 is 2.39 bits per heavy atom. The second-order valence-electron chi connectivity index (χ2n) is 5.24. The number of allylic oxidation sites excluding steroid dienone is 1. The highest BCUT2D eigenvalue weighted by atomic mass is 35.5. The van der Waals surface area contributed by atoms with E-state index in [1.54, 1.807) is 13.8 Å². The smallest absolute Gasteiger partial charge is 0.271 e. The fraction of sp³-hybridized carbons (Fsp3) is 0.286. The zero-order valence-corrected chi connectivity index (χ0v) is 15.4. The number of carbonyl (C=O) groups is 1. The molecule has 0 aromatic heterocycles. The molecule has 0 saturated carbocycles. The third-order valence-corrected chi connectivity index (χ3v) is 6.03. The summed E-state index contributed by atoms with van der Waals surface area (Å²) in [5.74, 6) is -1.29. The zero-order valence-electron chi connectivity index (χ0n) is 12.3. The van der Waals surface area contributed by atoms with Crippen LogP contribution < -0.4 is 0 Å². The van der Waals surface area contributed by atoms with E-state index in [0.717, 1.165) is 11.6 Å². The molecule has 124 valence electrons. The Kier molecular flexibility index (Phi) is 5.11. The number of carbonyl (C=O) groups excluding carboxylic acids is 1. The van der Waals surface area contributed by atoms with Crippen molar-refractivity contribution >= 4 is 56.4 Å². The van der Waals surface area contributed by atoms with Crippen LogP contribution in [-0.2, 0) is 14.8 Å². The van der Waals surface area contributed by atoms with Crippen LogP contribution >= 0.6 is 34.8 Å². The predicted molar refractivity (Wildman–Crippen MR) is 91.5 cm³/mol. The lowest BCUT2D eigenvalue weighted by molar-refractivity contribution is -0.127. The number of nitrogens with zero attached hydrogens (tertiary/aromatic N) is 2. The molecule has 1 aliphatic rings. The maximum atomic E-state index is 12.7. The highest BCUT2D eigenvalue weighted by molar-refractivity contribution is 7.89. The molecule has 0 saturated heterocycles. The van der Waals surface area contributed by atoms with E-state index >= 15 is 0 Å². The van der Waals surface area contributed by atoms with Crippen molar-refractivity contribution in [1.29, 1.82) is 0 Å². The number of amides is 1. The van der Waals surface area contributed by atoms with Crippen molar-refractivity contribution in [2.75, 3.05) is 0 Å². The number of hydrazone groups is 1. The monoisotopic (exact) mass is 394 g/mol. The molecule has 1 heterocycles. The number of hydrogen-bond acceptors (Lipinski definition) is 4. The molecule has 23 heavy (non-hydrogen) atoms. The first-order valence-corrected chi connectivity index (χ1v) is 9.06. The molecule has 0 fully saturated rings. The van der Waals surface area contributed by atoms with E-state index in [0.29, 0.717) is 16.5 Å². The van der Waals surface area contributed by atoms with Gasteiger partial charge in [-0.1, -0.05) is 40.4 Å².